The summed E-state index contributed by atoms with van der Waals surface area (Å²) in [4.78, 5) is 14.9. The third-order valence-corrected chi connectivity index (χ3v) is 6.88. The molecule has 0 aromatic heterocycles. The Morgan fingerprint density at radius 1 is 1.19 bits per heavy atom. The Balaban J connectivity index is 2.05. The van der Waals surface area contributed by atoms with Gasteiger partial charge in [-0.05, 0) is 42.2 Å². The van der Waals surface area contributed by atoms with Gasteiger partial charge in [0.15, 0.2) is 0 Å². The number of rotatable bonds is 3. The van der Waals surface area contributed by atoms with Crippen molar-refractivity contribution >= 4 is 33.2 Å². The second-order valence-electron chi connectivity index (χ2n) is 6.63. The fraction of sp³-hybridized carbons (Fsp3) is 0.316. The molecule has 1 aliphatic rings. The Kier molecular flexibility index (Phi) is 5.10. The molecule has 1 atom stereocenters. The molecule has 3 rings (SSSR count). The first-order valence-corrected chi connectivity index (χ1v) is 10.2. The van der Waals surface area contributed by atoms with Crippen molar-refractivity contribution in [2.45, 2.75) is 24.2 Å². The van der Waals surface area contributed by atoms with Crippen molar-refractivity contribution in [2.75, 3.05) is 25.5 Å². The number of carbonyl (C=O) groups is 1. The standard InChI is InChI=1S/C19H21ClN2O3S/c1-13-10-11-22(18-7-5-4-6-15(13)18)19(23)16-12-14(8-9-17(16)20)26(24,25)21(2)3/h4-9,12-13H,10-11H2,1-3H3. The number of halogens is 1. The van der Waals surface area contributed by atoms with Crippen LogP contribution in [0, 0.1) is 0 Å². The van der Waals surface area contributed by atoms with Crippen LogP contribution in [0.15, 0.2) is 47.4 Å². The van der Waals surface area contributed by atoms with Gasteiger partial charge in [-0.3, -0.25) is 4.79 Å². The first kappa shape index (κ1) is 18.9. The van der Waals surface area contributed by atoms with Crippen LogP contribution in [-0.2, 0) is 10.0 Å². The summed E-state index contributed by atoms with van der Waals surface area (Å²) in [6.45, 7) is 2.70. The summed E-state index contributed by atoms with van der Waals surface area (Å²) in [6.07, 6.45) is 0.843. The van der Waals surface area contributed by atoms with E-state index < -0.39 is 10.0 Å². The Morgan fingerprint density at radius 3 is 2.58 bits per heavy atom. The topological polar surface area (TPSA) is 57.7 Å². The number of anilines is 1. The molecule has 7 heteroatoms. The van der Waals surface area contributed by atoms with Gasteiger partial charge in [0.1, 0.15) is 0 Å². The zero-order valence-electron chi connectivity index (χ0n) is 14.9. The molecule has 0 N–H and O–H groups in total. The number of hydrogen-bond donors (Lipinski definition) is 0. The van der Waals surface area contributed by atoms with Crippen LogP contribution in [0.4, 0.5) is 5.69 Å². The molecule has 1 amide bonds. The first-order chi connectivity index (χ1) is 12.2. The van der Waals surface area contributed by atoms with Gasteiger partial charge in [-0.25, -0.2) is 12.7 Å². The summed E-state index contributed by atoms with van der Waals surface area (Å²) in [5, 5.41) is 0.240. The van der Waals surface area contributed by atoms with E-state index in [1.165, 1.54) is 32.3 Å². The smallest absolute Gasteiger partial charge is 0.259 e. The number of carbonyl (C=O) groups excluding carboxylic acids is 1. The van der Waals surface area contributed by atoms with E-state index in [9.17, 15) is 13.2 Å². The van der Waals surface area contributed by atoms with Gasteiger partial charge in [-0.15, -0.1) is 0 Å². The number of benzene rings is 2. The van der Waals surface area contributed by atoms with E-state index >= 15 is 0 Å². The molecule has 0 bridgehead atoms. The number of hydrogen-bond acceptors (Lipinski definition) is 3. The zero-order valence-corrected chi connectivity index (χ0v) is 16.5. The minimum atomic E-state index is -3.65. The molecule has 0 aliphatic carbocycles. The molecule has 1 unspecified atom stereocenters. The van der Waals surface area contributed by atoms with Crippen LogP contribution in [-0.4, -0.2) is 39.3 Å². The second-order valence-corrected chi connectivity index (χ2v) is 9.19. The lowest BCUT2D eigenvalue weighted by molar-refractivity contribution is 0.0984. The lowest BCUT2D eigenvalue weighted by atomic mass is 9.91. The van der Waals surface area contributed by atoms with Crippen LogP contribution in [0.3, 0.4) is 0 Å². The zero-order chi connectivity index (χ0) is 19.1. The van der Waals surface area contributed by atoms with Crippen molar-refractivity contribution < 1.29 is 13.2 Å². The SMILES string of the molecule is CC1CCN(C(=O)c2cc(S(=O)(=O)N(C)C)ccc2Cl)c2ccccc21. The van der Waals surface area contributed by atoms with Crippen molar-refractivity contribution in [1.29, 1.82) is 0 Å². The highest BCUT2D eigenvalue weighted by atomic mass is 35.5. The van der Waals surface area contributed by atoms with Gasteiger partial charge in [0.2, 0.25) is 10.0 Å². The molecular formula is C19H21ClN2O3S. The molecule has 1 heterocycles. The van der Waals surface area contributed by atoms with Crippen LogP contribution in [0.5, 0.6) is 0 Å². The summed E-state index contributed by atoms with van der Waals surface area (Å²) in [6, 6.07) is 12.0. The third kappa shape index (κ3) is 3.24. The average molecular weight is 393 g/mol. The molecule has 0 fully saturated rings. The largest absolute Gasteiger partial charge is 0.308 e. The van der Waals surface area contributed by atoms with Crippen LogP contribution in [0.2, 0.25) is 5.02 Å². The van der Waals surface area contributed by atoms with Crippen LogP contribution in [0.1, 0.15) is 35.2 Å². The van der Waals surface area contributed by atoms with Crippen molar-refractivity contribution in [1.82, 2.24) is 4.31 Å². The minimum Gasteiger partial charge on any atom is -0.308 e. The van der Waals surface area contributed by atoms with E-state index in [1.807, 2.05) is 24.3 Å². The number of fused-ring (bicyclic) bond motifs is 1. The highest BCUT2D eigenvalue weighted by Gasteiger charge is 2.29. The molecule has 138 valence electrons. The highest BCUT2D eigenvalue weighted by Crippen LogP contribution is 2.36. The van der Waals surface area contributed by atoms with E-state index in [4.69, 9.17) is 11.6 Å². The highest BCUT2D eigenvalue weighted by molar-refractivity contribution is 7.89. The minimum absolute atomic E-state index is 0.0499. The van der Waals surface area contributed by atoms with E-state index in [2.05, 4.69) is 6.92 Å². The maximum Gasteiger partial charge on any atom is 0.259 e. The Labute approximate surface area is 159 Å². The fourth-order valence-electron chi connectivity index (χ4n) is 3.14. The molecule has 2 aromatic rings. The van der Waals surface area contributed by atoms with Gasteiger partial charge in [-0.1, -0.05) is 36.7 Å². The normalized spacial score (nSPS) is 17.3. The number of sulfonamides is 1. The van der Waals surface area contributed by atoms with Gasteiger partial charge < -0.3 is 4.90 Å². The number of amides is 1. The summed E-state index contributed by atoms with van der Waals surface area (Å²) in [5.74, 6) is 0.0799. The maximum absolute atomic E-state index is 13.2. The molecule has 0 radical (unpaired) electrons. The molecule has 0 saturated carbocycles. The van der Waals surface area contributed by atoms with E-state index in [0.717, 1.165) is 22.0 Å². The first-order valence-electron chi connectivity index (χ1n) is 8.36. The monoisotopic (exact) mass is 392 g/mol. The van der Waals surface area contributed by atoms with Gasteiger partial charge in [0.05, 0.1) is 15.5 Å². The number of para-hydroxylation sites is 1. The van der Waals surface area contributed by atoms with Crippen LogP contribution in [0.25, 0.3) is 0 Å². The summed E-state index contributed by atoms with van der Waals surface area (Å²) < 4.78 is 25.9. The number of nitrogens with zero attached hydrogens (tertiary/aromatic N) is 2. The van der Waals surface area contributed by atoms with Crippen molar-refractivity contribution in [3.05, 3.63) is 58.6 Å². The van der Waals surface area contributed by atoms with Gasteiger partial charge >= 0.3 is 0 Å². The van der Waals surface area contributed by atoms with Gasteiger partial charge in [-0.2, -0.15) is 0 Å². The maximum atomic E-state index is 13.2. The third-order valence-electron chi connectivity index (χ3n) is 4.74. The predicted octanol–water partition coefficient (Wildman–Crippen LogP) is 3.74. The Hall–Kier alpha value is -1.89. The van der Waals surface area contributed by atoms with Gasteiger partial charge in [0.25, 0.3) is 5.91 Å². The predicted molar refractivity (Wildman–Crippen MR) is 103 cm³/mol. The second kappa shape index (κ2) is 7.02. The van der Waals surface area contributed by atoms with E-state index in [0.29, 0.717) is 12.5 Å². The lowest BCUT2D eigenvalue weighted by Gasteiger charge is -2.33. The van der Waals surface area contributed by atoms with E-state index in [1.54, 1.807) is 4.90 Å². The van der Waals surface area contributed by atoms with Crippen molar-refractivity contribution in [3.8, 4) is 0 Å². The molecule has 1 aliphatic heterocycles. The van der Waals surface area contributed by atoms with Crippen LogP contribution < -0.4 is 4.90 Å². The van der Waals surface area contributed by atoms with Crippen LogP contribution >= 0.6 is 11.6 Å². The summed E-state index contributed by atoms with van der Waals surface area (Å²) in [7, 11) is -0.742. The molecule has 0 spiro atoms. The Bertz CT molecular complexity index is 957. The molecule has 5 nitrogen and oxygen atoms in total. The average Bonchev–Trinajstić information content (AvgIpc) is 2.62. The molecule has 2 aromatic carbocycles. The van der Waals surface area contributed by atoms with Gasteiger partial charge in [0, 0.05) is 26.3 Å². The molecule has 26 heavy (non-hydrogen) atoms. The molecular weight excluding hydrogens is 372 g/mol. The van der Waals surface area contributed by atoms with E-state index in [-0.39, 0.29) is 21.4 Å². The molecule has 0 saturated heterocycles. The van der Waals surface area contributed by atoms with Crippen molar-refractivity contribution in [3.63, 3.8) is 0 Å². The van der Waals surface area contributed by atoms with Crippen molar-refractivity contribution in [2.24, 2.45) is 0 Å². The summed E-state index contributed by atoms with van der Waals surface area (Å²) >= 11 is 6.24. The fourth-order valence-corrected chi connectivity index (χ4v) is 4.27. The quantitative estimate of drug-likeness (QED) is 0.799. The Morgan fingerprint density at radius 2 is 1.88 bits per heavy atom. The summed E-state index contributed by atoms with van der Waals surface area (Å²) in [5.41, 5.74) is 2.16. The lowest BCUT2D eigenvalue weighted by Crippen LogP contribution is -2.36.